The van der Waals surface area contributed by atoms with E-state index in [1.165, 1.54) is 6.20 Å². The Morgan fingerprint density at radius 2 is 2.12 bits per heavy atom. The molecule has 2 atom stereocenters. The van der Waals surface area contributed by atoms with Gasteiger partial charge in [-0.25, -0.2) is 4.68 Å². The SMILES string of the molecule is FC(F)(F)[C@@H]1C[C@@H](C2CC2)Nc2ccnn21. The second kappa shape index (κ2) is 3.15. The summed E-state index contributed by atoms with van der Waals surface area (Å²) in [5.41, 5.74) is 0. The Kier molecular flexibility index (Phi) is 1.96. The van der Waals surface area contributed by atoms with E-state index in [0.717, 1.165) is 17.5 Å². The molecule has 0 saturated heterocycles. The van der Waals surface area contributed by atoms with E-state index in [2.05, 4.69) is 10.4 Å². The van der Waals surface area contributed by atoms with Crippen molar-refractivity contribution in [2.45, 2.75) is 37.5 Å². The molecular weight excluding hydrogens is 219 g/mol. The lowest BCUT2D eigenvalue weighted by molar-refractivity contribution is -0.174. The predicted molar refractivity (Wildman–Crippen MR) is 52.1 cm³/mol. The molecule has 1 fully saturated rings. The Morgan fingerprint density at radius 3 is 2.75 bits per heavy atom. The topological polar surface area (TPSA) is 29.9 Å². The molecule has 2 heterocycles. The number of rotatable bonds is 1. The summed E-state index contributed by atoms with van der Waals surface area (Å²) < 4.78 is 39.7. The maximum absolute atomic E-state index is 12.9. The fourth-order valence-electron chi connectivity index (χ4n) is 2.35. The van der Waals surface area contributed by atoms with Crippen molar-refractivity contribution < 1.29 is 13.2 Å². The second-order valence-corrected chi connectivity index (χ2v) is 4.54. The summed E-state index contributed by atoms with van der Waals surface area (Å²) in [5.74, 6) is 0.902. The molecule has 6 heteroatoms. The van der Waals surface area contributed by atoms with Crippen LogP contribution in [0, 0.1) is 5.92 Å². The first-order valence-corrected chi connectivity index (χ1v) is 5.42. The van der Waals surface area contributed by atoms with Gasteiger partial charge in [-0.3, -0.25) is 0 Å². The molecule has 3 rings (SSSR count). The summed E-state index contributed by atoms with van der Waals surface area (Å²) in [4.78, 5) is 0. The van der Waals surface area contributed by atoms with Gasteiger partial charge in [0.1, 0.15) is 5.82 Å². The highest BCUT2D eigenvalue weighted by molar-refractivity contribution is 5.39. The Hall–Kier alpha value is -1.20. The summed E-state index contributed by atoms with van der Waals surface area (Å²) in [7, 11) is 0. The molecule has 0 bridgehead atoms. The van der Waals surface area contributed by atoms with Gasteiger partial charge in [-0.05, 0) is 25.2 Å². The monoisotopic (exact) mass is 231 g/mol. The van der Waals surface area contributed by atoms with Crippen LogP contribution in [0.15, 0.2) is 12.3 Å². The number of fused-ring (bicyclic) bond motifs is 1. The zero-order valence-electron chi connectivity index (χ0n) is 8.54. The smallest absolute Gasteiger partial charge is 0.367 e. The first-order chi connectivity index (χ1) is 7.55. The van der Waals surface area contributed by atoms with Crippen molar-refractivity contribution in [3.05, 3.63) is 12.3 Å². The van der Waals surface area contributed by atoms with Crippen LogP contribution in [0.3, 0.4) is 0 Å². The van der Waals surface area contributed by atoms with Crippen LogP contribution in [0.5, 0.6) is 0 Å². The average molecular weight is 231 g/mol. The molecular formula is C10H12F3N3. The summed E-state index contributed by atoms with van der Waals surface area (Å²) in [6.07, 6.45) is -0.623. The van der Waals surface area contributed by atoms with E-state index < -0.39 is 12.2 Å². The molecule has 0 aromatic carbocycles. The number of nitrogens with zero attached hydrogens (tertiary/aromatic N) is 2. The van der Waals surface area contributed by atoms with Gasteiger partial charge in [-0.1, -0.05) is 0 Å². The third kappa shape index (κ3) is 1.56. The van der Waals surface area contributed by atoms with Crippen molar-refractivity contribution in [3.63, 3.8) is 0 Å². The van der Waals surface area contributed by atoms with Gasteiger partial charge in [-0.2, -0.15) is 18.3 Å². The number of aromatic nitrogens is 2. The third-order valence-electron chi connectivity index (χ3n) is 3.34. The van der Waals surface area contributed by atoms with Gasteiger partial charge in [0.05, 0.1) is 6.20 Å². The van der Waals surface area contributed by atoms with E-state index in [0.29, 0.717) is 11.7 Å². The van der Waals surface area contributed by atoms with E-state index in [1.807, 2.05) is 0 Å². The summed E-state index contributed by atoms with van der Waals surface area (Å²) >= 11 is 0. The van der Waals surface area contributed by atoms with Crippen LogP contribution in [-0.4, -0.2) is 22.0 Å². The van der Waals surface area contributed by atoms with E-state index in [1.54, 1.807) is 6.07 Å². The Bertz CT molecular complexity index is 394. The van der Waals surface area contributed by atoms with Crippen molar-refractivity contribution in [3.8, 4) is 0 Å². The molecule has 2 aliphatic rings. The van der Waals surface area contributed by atoms with Gasteiger partial charge in [0.2, 0.25) is 0 Å². The third-order valence-corrected chi connectivity index (χ3v) is 3.34. The molecule has 1 aromatic rings. The van der Waals surface area contributed by atoms with Crippen molar-refractivity contribution in [2.24, 2.45) is 5.92 Å². The van der Waals surface area contributed by atoms with Gasteiger partial charge in [0, 0.05) is 12.1 Å². The molecule has 1 aliphatic heterocycles. The molecule has 3 nitrogen and oxygen atoms in total. The van der Waals surface area contributed by atoms with E-state index in [-0.39, 0.29) is 12.5 Å². The minimum absolute atomic E-state index is 0.0455. The number of alkyl halides is 3. The number of anilines is 1. The van der Waals surface area contributed by atoms with Crippen LogP contribution in [-0.2, 0) is 0 Å². The number of nitrogens with one attached hydrogen (secondary N) is 1. The summed E-state index contributed by atoms with van der Waals surface area (Å²) in [5, 5.41) is 6.89. The maximum Gasteiger partial charge on any atom is 0.410 e. The molecule has 88 valence electrons. The Morgan fingerprint density at radius 1 is 1.38 bits per heavy atom. The number of hydrogen-bond donors (Lipinski definition) is 1. The van der Waals surface area contributed by atoms with Gasteiger partial charge < -0.3 is 5.32 Å². The van der Waals surface area contributed by atoms with E-state index in [9.17, 15) is 13.2 Å². The van der Waals surface area contributed by atoms with Crippen LogP contribution in [0.4, 0.5) is 19.0 Å². The van der Waals surface area contributed by atoms with E-state index >= 15 is 0 Å². The molecule has 0 unspecified atom stereocenters. The lowest BCUT2D eigenvalue weighted by atomic mass is 10.0. The van der Waals surface area contributed by atoms with Crippen LogP contribution < -0.4 is 5.32 Å². The van der Waals surface area contributed by atoms with Crippen molar-refractivity contribution in [1.29, 1.82) is 0 Å². The molecule has 16 heavy (non-hydrogen) atoms. The van der Waals surface area contributed by atoms with Crippen molar-refractivity contribution >= 4 is 5.82 Å². The van der Waals surface area contributed by atoms with E-state index in [4.69, 9.17) is 0 Å². The van der Waals surface area contributed by atoms with Crippen LogP contribution in [0.25, 0.3) is 0 Å². The van der Waals surface area contributed by atoms with Gasteiger partial charge in [0.15, 0.2) is 6.04 Å². The fraction of sp³-hybridized carbons (Fsp3) is 0.700. The highest BCUT2D eigenvalue weighted by atomic mass is 19.4. The lowest BCUT2D eigenvalue weighted by Crippen LogP contribution is -2.40. The highest BCUT2D eigenvalue weighted by Gasteiger charge is 2.48. The molecule has 1 aromatic heterocycles. The molecule has 0 amide bonds. The summed E-state index contributed by atoms with van der Waals surface area (Å²) in [6.45, 7) is 0. The molecule has 0 spiro atoms. The molecule has 0 radical (unpaired) electrons. The standard InChI is InChI=1S/C10H12F3N3/c11-10(12,13)8-5-7(6-1-2-6)15-9-3-4-14-16(8)9/h3-4,6-8,15H,1-2,5H2/t7-,8-/m0/s1. The largest absolute Gasteiger partial charge is 0.410 e. The van der Waals surface area contributed by atoms with Crippen LogP contribution in [0.1, 0.15) is 25.3 Å². The van der Waals surface area contributed by atoms with Crippen LogP contribution >= 0.6 is 0 Å². The van der Waals surface area contributed by atoms with Gasteiger partial charge >= 0.3 is 6.18 Å². The highest BCUT2D eigenvalue weighted by Crippen LogP contribution is 2.45. The minimum atomic E-state index is -4.21. The maximum atomic E-state index is 12.9. The quantitative estimate of drug-likeness (QED) is 0.805. The van der Waals surface area contributed by atoms with Crippen molar-refractivity contribution in [2.75, 3.05) is 5.32 Å². The average Bonchev–Trinajstić information content (AvgIpc) is 2.94. The zero-order chi connectivity index (χ0) is 11.3. The van der Waals surface area contributed by atoms with Gasteiger partial charge in [-0.15, -0.1) is 0 Å². The molecule has 1 saturated carbocycles. The first kappa shape index (κ1) is 9.99. The van der Waals surface area contributed by atoms with Crippen molar-refractivity contribution in [1.82, 2.24) is 9.78 Å². The first-order valence-electron chi connectivity index (χ1n) is 5.42. The number of halogens is 3. The fourth-order valence-corrected chi connectivity index (χ4v) is 2.35. The lowest BCUT2D eigenvalue weighted by Gasteiger charge is -2.33. The second-order valence-electron chi connectivity index (χ2n) is 4.54. The normalized spacial score (nSPS) is 29.7. The Balaban J connectivity index is 1.93. The van der Waals surface area contributed by atoms with Gasteiger partial charge in [0.25, 0.3) is 0 Å². The van der Waals surface area contributed by atoms with Crippen LogP contribution in [0.2, 0.25) is 0 Å². The Labute approximate surface area is 90.6 Å². The zero-order valence-corrected chi connectivity index (χ0v) is 8.54. The molecule has 1 N–H and O–H groups in total. The minimum Gasteiger partial charge on any atom is -0.367 e. The predicted octanol–water partition coefficient (Wildman–Crippen LogP) is 2.58. The summed E-state index contributed by atoms with van der Waals surface area (Å²) in [6, 6.07) is 0.0907. The molecule has 1 aliphatic carbocycles. The number of hydrogen-bond acceptors (Lipinski definition) is 2.